The molecule has 1 aromatic carbocycles. The molecule has 28 heavy (non-hydrogen) atoms. The lowest BCUT2D eigenvalue weighted by Gasteiger charge is -2.11. The van der Waals surface area contributed by atoms with E-state index in [-0.39, 0.29) is 17.4 Å². The molecule has 2 heterocycles. The van der Waals surface area contributed by atoms with Gasteiger partial charge in [-0.15, -0.1) is 11.3 Å². The molecule has 0 spiro atoms. The van der Waals surface area contributed by atoms with Crippen molar-refractivity contribution in [3.8, 4) is 22.1 Å². The number of benzene rings is 1. The fourth-order valence-electron chi connectivity index (χ4n) is 2.58. The number of amides is 1. The summed E-state index contributed by atoms with van der Waals surface area (Å²) in [5, 5.41) is 7.66. The van der Waals surface area contributed by atoms with E-state index in [0.29, 0.717) is 23.5 Å². The van der Waals surface area contributed by atoms with Crippen molar-refractivity contribution in [1.82, 2.24) is 10.3 Å². The van der Waals surface area contributed by atoms with Crippen LogP contribution in [0, 0.1) is 6.92 Å². The van der Waals surface area contributed by atoms with Gasteiger partial charge in [-0.3, -0.25) is 4.79 Å². The number of aryl methyl sites for hydroxylation is 1. The van der Waals surface area contributed by atoms with Gasteiger partial charge in [0, 0.05) is 17.5 Å². The molecule has 1 N–H and O–H groups in total. The molecule has 0 fully saturated rings. The van der Waals surface area contributed by atoms with E-state index in [2.05, 4.69) is 15.0 Å². The monoisotopic (exact) mass is 424 g/mol. The molecule has 0 aliphatic heterocycles. The van der Waals surface area contributed by atoms with Gasteiger partial charge in [-0.25, -0.2) is 4.98 Å². The second-order valence-corrected chi connectivity index (χ2v) is 7.59. The molecule has 0 atom stereocenters. The number of hydrogen-bond donors (Lipinski definition) is 1. The van der Waals surface area contributed by atoms with Gasteiger partial charge in [0.2, 0.25) is 0 Å². The van der Waals surface area contributed by atoms with Gasteiger partial charge in [-0.2, -0.15) is 20.1 Å². The molecule has 3 aromatic rings. The SMILES string of the molecule is COc1cc(CCNC(=O)c2sc(-c3ccsc3)nc2C)ccc1OC(F)F. The molecular weight excluding hydrogens is 406 g/mol. The lowest BCUT2D eigenvalue weighted by atomic mass is 10.1. The minimum atomic E-state index is -2.92. The van der Waals surface area contributed by atoms with Crippen LogP contribution >= 0.6 is 22.7 Å². The van der Waals surface area contributed by atoms with Crippen LogP contribution in [0.15, 0.2) is 35.0 Å². The Morgan fingerprint density at radius 1 is 1.29 bits per heavy atom. The van der Waals surface area contributed by atoms with Crippen LogP contribution < -0.4 is 14.8 Å². The molecule has 0 radical (unpaired) electrons. The Labute approximate surface area is 169 Å². The number of methoxy groups -OCH3 is 1. The number of nitrogens with zero attached hydrogens (tertiary/aromatic N) is 1. The van der Waals surface area contributed by atoms with Crippen molar-refractivity contribution >= 4 is 28.6 Å². The van der Waals surface area contributed by atoms with E-state index in [1.54, 1.807) is 23.5 Å². The molecule has 5 nitrogen and oxygen atoms in total. The molecule has 0 saturated heterocycles. The number of carbonyl (C=O) groups is 1. The maximum atomic E-state index is 12.5. The number of halogens is 2. The summed E-state index contributed by atoms with van der Waals surface area (Å²) < 4.78 is 34.3. The van der Waals surface area contributed by atoms with Crippen LogP contribution in [0.3, 0.4) is 0 Å². The van der Waals surface area contributed by atoms with Crippen molar-refractivity contribution in [2.24, 2.45) is 0 Å². The molecule has 0 saturated carbocycles. The fraction of sp³-hybridized carbons (Fsp3) is 0.263. The first-order valence-electron chi connectivity index (χ1n) is 8.38. The van der Waals surface area contributed by atoms with Crippen LogP contribution in [-0.2, 0) is 6.42 Å². The Kier molecular flexibility index (Phi) is 6.58. The molecule has 0 unspecified atom stereocenters. The van der Waals surface area contributed by atoms with Gasteiger partial charge < -0.3 is 14.8 Å². The lowest BCUT2D eigenvalue weighted by molar-refractivity contribution is -0.0512. The van der Waals surface area contributed by atoms with Crippen molar-refractivity contribution < 1.29 is 23.0 Å². The molecule has 148 valence electrons. The normalized spacial score (nSPS) is 10.9. The quantitative estimate of drug-likeness (QED) is 0.566. The summed E-state index contributed by atoms with van der Waals surface area (Å²) in [7, 11) is 1.39. The van der Waals surface area contributed by atoms with E-state index in [0.717, 1.165) is 16.1 Å². The summed E-state index contributed by atoms with van der Waals surface area (Å²) >= 11 is 2.94. The number of thiazole rings is 1. The van der Waals surface area contributed by atoms with Crippen LogP contribution in [0.25, 0.3) is 10.6 Å². The number of rotatable bonds is 8. The summed E-state index contributed by atoms with van der Waals surface area (Å²) in [6.45, 7) is -0.712. The number of aromatic nitrogens is 1. The highest BCUT2D eigenvalue weighted by Gasteiger charge is 2.16. The summed E-state index contributed by atoms with van der Waals surface area (Å²) in [4.78, 5) is 17.5. The minimum absolute atomic E-state index is 0.0217. The van der Waals surface area contributed by atoms with Gasteiger partial charge in [0.1, 0.15) is 9.88 Å². The van der Waals surface area contributed by atoms with E-state index in [9.17, 15) is 13.6 Å². The largest absolute Gasteiger partial charge is 0.493 e. The Balaban J connectivity index is 1.60. The van der Waals surface area contributed by atoms with Gasteiger partial charge in [-0.1, -0.05) is 6.07 Å². The highest BCUT2D eigenvalue weighted by Crippen LogP contribution is 2.30. The minimum Gasteiger partial charge on any atom is -0.493 e. The van der Waals surface area contributed by atoms with E-state index in [1.807, 2.05) is 23.8 Å². The second kappa shape index (κ2) is 9.11. The zero-order chi connectivity index (χ0) is 20.1. The highest BCUT2D eigenvalue weighted by molar-refractivity contribution is 7.17. The van der Waals surface area contributed by atoms with Crippen LogP contribution in [-0.4, -0.2) is 31.2 Å². The molecule has 0 bridgehead atoms. The third kappa shape index (κ3) is 4.85. The van der Waals surface area contributed by atoms with Crippen LogP contribution in [0.2, 0.25) is 0 Å². The Hall–Kier alpha value is -2.52. The predicted octanol–water partition coefficient (Wildman–Crippen LogP) is 4.76. The van der Waals surface area contributed by atoms with E-state index in [1.165, 1.54) is 24.5 Å². The van der Waals surface area contributed by atoms with E-state index >= 15 is 0 Å². The second-order valence-electron chi connectivity index (χ2n) is 5.82. The average Bonchev–Trinajstić information content (AvgIpc) is 3.31. The zero-order valence-electron chi connectivity index (χ0n) is 15.2. The molecule has 2 aromatic heterocycles. The summed E-state index contributed by atoms with van der Waals surface area (Å²) in [6.07, 6.45) is 0.520. The number of carbonyl (C=O) groups excluding carboxylic acids is 1. The van der Waals surface area contributed by atoms with Gasteiger partial charge in [0.05, 0.1) is 12.8 Å². The van der Waals surface area contributed by atoms with Gasteiger partial charge in [0.15, 0.2) is 11.5 Å². The average molecular weight is 424 g/mol. The maximum Gasteiger partial charge on any atom is 0.387 e. The zero-order valence-corrected chi connectivity index (χ0v) is 16.8. The van der Waals surface area contributed by atoms with E-state index < -0.39 is 6.61 Å². The van der Waals surface area contributed by atoms with Crippen molar-refractivity contribution in [3.05, 3.63) is 51.2 Å². The molecular formula is C19H18F2N2O3S2. The van der Waals surface area contributed by atoms with Crippen molar-refractivity contribution in [1.29, 1.82) is 0 Å². The maximum absolute atomic E-state index is 12.5. The standard InChI is InChI=1S/C19H18F2N2O3S2/c1-11-16(28-18(23-11)13-6-8-27-10-13)17(24)22-7-5-12-3-4-14(26-19(20)21)15(9-12)25-2/h3-4,6,8-10,19H,5,7H2,1-2H3,(H,22,24). The topological polar surface area (TPSA) is 60.5 Å². The number of ether oxygens (including phenoxy) is 2. The number of hydrogen-bond acceptors (Lipinski definition) is 6. The number of nitrogens with one attached hydrogen (secondary N) is 1. The van der Waals surface area contributed by atoms with Crippen LogP contribution in [0.4, 0.5) is 8.78 Å². The lowest BCUT2D eigenvalue weighted by Crippen LogP contribution is -2.25. The summed E-state index contributed by atoms with van der Waals surface area (Å²) in [5.41, 5.74) is 2.54. The van der Waals surface area contributed by atoms with Crippen LogP contribution in [0.1, 0.15) is 20.9 Å². The number of alkyl halides is 2. The summed E-state index contributed by atoms with van der Waals surface area (Å²) in [5.74, 6) is 0.0236. The highest BCUT2D eigenvalue weighted by atomic mass is 32.1. The smallest absolute Gasteiger partial charge is 0.387 e. The van der Waals surface area contributed by atoms with E-state index in [4.69, 9.17) is 4.74 Å². The molecule has 1 amide bonds. The molecule has 0 aliphatic rings. The first-order valence-corrected chi connectivity index (χ1v) is 10.1. The van der Waals surface area contributed by atoms with Gasteiger partial charge >= 0.3 is 6.61 Å². The van der Waals surface area contributed by atoms with Crippen molar-refractivity contribution in [2.45, 2.75) is 20.0 Å². The first-order chi connectivity index (χ1) is 13.5. The van der Waals surface area contributed by atoms with Gasteiger partial charge in [0.25, 0.3) is 5.91 Å². The molecule has 3 rings (SSSR count). The molecule has 0 aliphatic carbocycles. The fourth-order valence-corrected chi connectivity index (χ4v) is 4.27. The third-order valence-electron chi connectivity index (χ3n) is 3.91. The van der Waals surface area contributed by atoms with Gasteiger partial charge in [-0.05, 0) is 42.5 Å². The Bertz CT molecular complexity index is 943. The van der Waals surface area contributed by atoms with Crippen LogP contribution in [0.5, 0.6) is 11.5 Å². The van der Waals surface area contributed by atoms with Crippen molar-refractivity contribution in [2.75, 3.05) is 13.7 Å². The summed E-state index contributed by atoms with van der Waals surface area (Å²) in [6, 6.07) is 6.69. The predicted molar refractivity (Wildman–Crippen MR) is 106 cm³/mol. The first kappa shape index (κ1) is 20.2. The van der Waals surface area contributed by atoms with Crippen molar-refractivity contribution in [3.63, 3.8) is 0 Å². The molecule has 9 heteroatoms. The number of thiophene rings is 1. The Morgan fingerprint density at radius 2 is 2.11 bits per heavy atom. The third-order valence-corrected chi connectivity index (χ3v) is 5.80. The Morgan fingerprint density at radius 3 is 2.79 bits per heavy atom.